The molecule has 0 aromatic heterocycles. The molecule has 1 amide bonds. The quantitative estimate of drug-likeness (QED) is 0.849. The molecule has 3 aliphatic rings. The Morgan fingerprint density at radius 1 is 1.14 bits per heavy atom. The Morgan fingerprint density at radius 2 is 2.00 bits per heavy atom. The molecule has 5 heteroatoms. The summed E-state index contributed by atoms with van der Waals surface area (Å²) in [6, 6.07) is 6.59. The van der Waals surface area contributed by atoms with Crippen molar-refractivity contribution in [3.8, 4) is 11.5 Å². The van der Waals surface area contributed by atoms with Crippen molar-refractivity contribution in [2.45, 2.75) is 31.3 Å². The smallest absolute Gasteiger partial charge is 0.257 e. The highest BCUT2D eigenvalue weighted by atomic mass is 16.6. The zero-order valence-corrected chi connectivity index (χ0v) is 12.0. The van der Waals surface area contributed by atoms with Gasteiger partial charge in [-0.15, -0.1) is 0 Å². The van der Waals surface area contributed by atoms with Crippen LogP contribution in [-0.4, -0.2) is 49.2 Å². The van der Waals surface area contributed by atoms with Gasteiger partial charge in [0, 0.05) is 25.2 Å². The Hall–Kier alpha value is -1.75. The van der Waals surface area contributed by atoms with Crippen LogP contribution in [0, 0.1) is 0 Å². The third-order valence-corrected chi connectivity index (χ3v) is 4.61. The van der Waals surface area contributed by atoms with Gasteiger partial charge in [-0.05, 0) is 31.4 Å². The first-order valence-electron chi connectivity index (χ1n) is 7.75. The minimum absolute atomic E-state index is 0.0618. The lowest BCUT2D eigenvalue weighted by Crippen LogP contribution is -2.39. The Kier molecular flexibility index (Phi) is 3.22. The highest BCUT2D eigenvalue weighted by Crippen LogP contribution is 2.34. The molecular formula is C16H20N2O3. The molecule has 3 heterocycles. The van der Waals surface area contributed by atoms with Gasteiger partial charge in [-0.3, -0.25) is 4.79 Å². The highest BCUT2D eigenvalue weighted by Gasteiger charge is 2.33. The van der Waals surface area contributed by atoms with E-state index < -0.39 is 0 Å². The summed E-state index contributed by atoms with van der Waals surface area (Å²) in [6.45, 7) is 2.66. The van der Waals surface area contributed by atoms with Crippen LogP contribution in [0.15, 0.2) is 18.2 Å². The number of likely N-dealkylation sites (tertiary alicyclic amines) is 1. The molecule has 4 rings (SSSR count). The Bertz CT molecular complexity index is 560. The van der Waals surface area contributed by atoms with E-state index in [0.717, 1.165) is 19.5 Å². The van der Waals surface area contributed by atoms with Gasteiger partial charge in [0.2, 0.25) is 0 Å². The number of ether oxygens (including phenoxy) is 2. The lowest BCUT2D eigenvalue weighted by molar-refractivity contribution is 0.0737. The zero-order chi connectivity index (χ0) is 14.2. The Labute approximate surface area is 124 Å². The van der Waals surface area contributed by atoms with Crippen molar-refractivity contribution in [3.63, 3.8) is 0 Å². The summed E-state index contributed by atoms with van der Waals surface area (Å²) in [6.07, 6.45) is 3.44. The molecule has 2 atom stereocenters. The SMILES string of the molecule is O=C(c1cccc2c1OCCO2)N1CC[C@H]2CC[C@@H](C1)N2. The second-order valence-electron chi connectivity index (χ2n) is 6.01. The molecule has 21 heavy (non-hydrogen) atoms. The monoisotopic (exact) mass is 288 g/mol. The largest absolute Gasteiger partial charge is 0.486 e. The first-order valence-corrected chi connectivity index (χ1v) is 7.75. The molecule has 0 spiro atoms. The zero-order valence-electron chi connectivity index (χ0n) is 12.0. The lowest BCUT2D eigenvalue weighted by Gasteiger charge is -2.27. The Morgan fingerprint density at radius 3 is 2.95 bits per heavy atom. The highest BCUT2D eigenvalue weighted by molar-refractivity contribution is 5.98. The molecule has 1 N–H and O–H groups in total. The predicted molar refractivity (Wildman–Crippen MR) is 77.9 cm³/mol. The van der Waals surface area contributed by atoms with Gasteiger partial charge in [0.25, 0.3) is 5.91 Å². The summed E-state index contributed by atoms with van der Waals surface area (Å²) in [5.41, 5.74) is 0.630. The number of amides is 1. The molecule has 0 unspecified atom stereocenters. The van der Waals surface area contributed by atoms with E-state index in [4.69, 9.17) is 9.47 Å². The maximum absolute atomic E-state index is 12.9. The third kappa shape index (κ3) is 2.35. The number of nitrogens with zero attached hydrogens (tertiary/aromatic N) is 1. The summed E-state index contributed by atoms with van der Waals surface area (Å²) >= 11 is 0. The van der Waals surface area contributed by atoms with Crippen molar-refractivity contribution >= 4 is 5.91 Å². The third-order valence-electron chi connectivity index (χ3n) is 4.61. The Balaban J connectivity index is 1.60. The standard InChI is InChI=1S/C16H20N2O3/c19-16(18-7-6-11-4-5-12(10-18)17-11)13-2-1-3-14-15(13)21-9-8-20-14/h1-3,11-12,17H,4-10H2/t11-,12+/m1/s1. The summed E-state index contributed by atoms with van der Waals surface area (Å²) in [7, 11) is 0. The van der Waals surface area contributed by atoms with Crippen LogP contribution in [0.1, 0.15) is 29.6 Å². The number of carbonyl (C=O) groups is 1. The van der Waals surface area contributed by atoms with Crippen LogP contribution >= 0.6 is 0 Å². The average Bonchev–Trinajstić information content (AvgIpc) is 2.85. The number of rotatable bonds is 1. The molecule has 2 bridgehead atoms. The van der Waals surface area contributed by atoms with E-state index in [1.807, 2.05) is 23.1 Å². The molecule has 5 nitrogen and oxygen atoms in total. The molecule has 0 radical (unpaired) electrons. The molecule has 2 saturated heterocycles. The van der Waals surface area contributed by atoms with Crippen molar-refractivity contribution in [2.75, 3.05) is 26.3 Å². The summed E-state index contributed by atoms with van der Waals surface area (Å²) < 4.78 is 11.2. The fourth-order valence-corrected chi connectivity index (χ4v) is 3.54. The number of fused-ring (bicyclic) bond motifs is 3. The number of carbonyl (C=O) groups excluding carboxylic acids is 1. The molecule has 2 fully saturated rings. The molecule has 3 aliphatic heterocycles. The molecule has 0 saturated carbocycles. The number of hydrogen-bond donors (Lipinski definition) is 1. The van der Waals surface area contributed by atoms with Crippen molar-refractivity contribution < 1.29 is 14.3 Å². The van der Waals surface area contributed by atoms with E-state index in [1.165, 1.54) is 12.8 Å². The maximum Gasteiger partial charge on any atom is 0.257 e. The van der Waals surface area contributed by atoms with E-state index in [0.29, 0.717) is 42.4 Å². The van der Waals surface area contributed by atoms with E-state index in [2.05, 4.69) is 5.32 Å². The van der Waals surface area contributed by atoms with Crippen LogP contribution in [0.2, 0.25) is 0 Å². The van der Waals surface area contributed by atoms with Gasteiger partial charge >= 0.3 is 0 Å². The minimum atomic E-state index is 0.0618. The van der Waals surface area contributed by atoms with Crippen LogP contribution < -0.4 is 14.8 Å². The van der Waals surface area contributed by atoms with Crippen molar-refractivity contribution in [1.29, 1.82) is 0 Å². The van der Waals surface area contributed by atoms with Crippen LogP contribution in [0.5, 0.6) is 11.5 Å². The molecule has 1 aromatic carbocycles. The van der Waals surface area contributed by atoms with Crippen LogP contribution in [0.25, 0.3) is 0 Å². The number of hydrogen-bond acceptors (Lipinski definition) is 4. The second kappa shape index (κ2) is 5.22. The lowest BCUT2D eigenvalue weighted by atomic mass is 10.1. The van der Waals surface area contributed by atoms with Gasteiger partial charge in [0.15, 0.2) is 11.5 Å². The van der Waals surface area contributed by atoms with Gasteiger partial charge in [-0.25, -0.2) is 0 Å². The van der Waals surface area contributed by atoms with Crippen molar-refractivity contribution in [3.05, 3.63) is 23.8 Å². The predicted octanol–water partition coefficient (Wildman–Crippen LogP) is 1.42. The average molecular weight is 288 g/mol. The summed E-state index contributed by atoms with van der Waals surface area (Å²) in [5, 5.41) is 3.60. The van der Waals surface area contributed by atoms with Crippen molar-refractivity contribution in [2.24, 2.45) is 0 Å². The fraction of sp³-hybridized carbons (Fsp3) is 0.562. The van der Waals surface area contributed by atoms with Crippen LogP contribution in [-0.2, 0) is 0 Å². The van der Waals surface area contributed by atoms with Gasteiger partial charge in [0.05, 0.1) is 5.56 Å². The number of benzene rings is 1. The number of nitrogens with one attached hydrogen (secondary N) is 1. The van der Waals surface area contributed by atoms with E-state index >= 15 is 0 Å². The number of para-hydroxylation sites is 1. The molecule has 0 aliphatic carbocycles. The van der Waals surface area contributed by atoms with Crippen molar-refractivity contribution in [1.82, 2.24) is 10.2 Å². The first-order chi connectivity index (χ1) is 10.3. The maximum atomic E-state index is 12.9. The molecular weight excluding hydrogens is 268 g/mol. The van der Waals surface area contributed by atoms with E-state index in [1.54, 1.807) is 0 Å². The topological polar surface area (TPSA) is 50.8 Å². The molecule has 1 aromatic rings. The fourth-order valence-electron chi connectivity index (χ4n) is 3.54. The van der Waals surface area contributed by atoms with E-state index in [9.17, 15) is 4.79 Å². The summed E-state index contributed by atoms with van der Waals surface area (Å²) in [5.74, 6) is 1.35. The summed E-state index contributed by atoms with van der Waals surface area (Å²) in [4.78, 5) is 14.8. The van der Waals surface area contributed by atoms with Gasteiger partial charge in [-0.2, -0.15) is 0 Å². The van der Waals surface area contributed by atoms with Gasteiger partial charge < -0.3 is 19.7 Å². The van der Waals surface area contributed by atoms with Crippen LogP contribution in [0.3, 0.4) is 0 Å². The van der Waals surface area contributed by atoms with Crippen LogP contribution in [0.4, 0.5) is 0 Å². The first kappa shape index (κ1) is 13.0. The van der Waals surface area contributed by atoms with Gasteiger partial charge in [-0.1, -0.05) is 6.07 Å². The second-order valence-corrected chi connectivity index (χ2v) is 6.01. The molecule has 112 valence electrons. The van der Waals surface area contributed by atoms with E-state index in [-0.39, 0.29) is 5.91 Å². The van der Waals surface area contributed by atoms with Gasteiger partial charge in [0.1, 0.15) is 13.2 Å². The normalized spacial score (nSPS) is 27.3. The minimum Gasteiger partial charge on any atom is -0.486 e.